The summed E-state index contributed by atoms with van der Waals surface area (Å²) in [6.07, 6.45) is 1.40. The maximum absolute atomic E-state index is 12.1. The van der Waals surface area contributed by atoms with Gasteiger partial charge in [0, 0.05) is 18.8 Å². The van der Waals surface area contributed by atoms with Gasteiger partial charge in [0.15, 0.2) is 5.78 Å². The molecule has 0 saturated heterocycles. The van der Waals surface area contributed by atoms with E-state index in [1.165, 1.54) is 17.8 Å². The Labute approximate surface area is 97.5 Å². The third-order valence-electron chi connectivity index (χ3n) is 2.40. The molecule has 0 radical (unpaired) electrons. The predicted octanol–water partition coefficient (Wildman–Crippen LogP) is 0.593. The number of benzene rings is 1. The van der Waals surface area contributed by atoms with Gasteiger partial charge in [-0.05, 0) is 0 Å². The third-order valence-corrected chi connectivity index (χ3v) is 2.40. The van der Waals surface area contributed by atoms with E-state index in [1.807, 2.05) is 6.07 Å². The van der Waals surface area contributed by atoms with Gasteiger partial charge in [-0.2, -0.15) is 4.98 Å². The highest BCUT2D eigenvalue weighted by Crippen LogP contribution is 2.12. The summed E-state index contributed by atoms with van der Waals surface area (Å²) in [7, 11) is 1.52. The molecular weight excluding hydrogens is 218 g/mol. The number of nitrogen functional groups attached to an aromatic ring is 1. The molecule has 1 aromatic heterocycles. The van der Waals surface area contributed by atoms with Crippen LogP contribution in [0.3, 0.4) is 0 Å². The number of ketones is 1. The molecule has 0 unspecified atom stereocenters. The van der Waals surface area contributed by atoms with E-state index in [9.17, 15) is 9.59 Å². The minimum absolute atomic E-state index is 0.0399. The largest absolute Gasteiger partial charge is 0.383 e. The highest BCUT2D eigenvalue weighted by molar-refractivity contribution is 6.11. The van der Waals surface area contributed by atoms with Crippen molar-refractivity contribution in [3.05, 3.63) is 58.1 Å². The normalized spacial score (nSPS) is 10.2. The minimum atomic E-state index is -0.480. The van der Waals surface area contributed by atoms with Gasteiger partial charge < -0.3 is 10.3 Å². The molecule has 86 valence electrons. The molecule has 0 aliphatic heterocycles. The van der Waals surface area contributed by atoms with Crippen molar-refractivity contribution in [1.82, 2.24) is 9.55 Å². The van der Waals surface area contributed by atoms with Gasteiger partial charge in [0.1, 0.15) is 5.82 Å². The Bertz CT molecular complexity index is 617. The first-order chi connectivity index (χ1) is 8.09. The fourth-order valence-electron chi connectivity index (χ4n) is 1.48. The summed E-state index contributed by atoms with van der Waals surface area (Å²) in [6.45, 7) is 0. The molecule has 2 rings (SSSR count). The van der Waals surface area contributed by atoms with E-state index in [1.54, 1.807) is 24.3 Å². The molecule has 0 atom stereocenters. The van der Waals surface area contributed by atoms with Crippen molar-refractivity contribution in [3.8, 4) is 0 Å². The van der Waals surface area contributed by atoms with Crippen LogP contribution in [0.5, 0.6) is 0 Å². The predicted molar refractivity (Wildman–Crippen MR) is 63.8 cm³/mol. The minimum Gasteiger partial charge on any atom is -0.383 e. The molecule has 5 nitrogen and oxygen atoms in total. The summed E-state index contributed by atoms with van der Waals surface area (Å²) >= 11 is 0. The second-order valence-corrected chi connectivity index (χ2v) is 3.63. The number of nitrogens with zero attached hydrogens (tertiary/aromatic N) is 2. The van der Waals surface area contributed by atoms with Gasteiger partial charge in [-0.25, -0.2) is 4.79 Å². The molecule has 0 aliphatic carbocycles. The molecule has 0 fully saturated rings. The molecule has 2 aromatic rings. The average Bonchev–Trinajstić information content (AvgIpc) is 2.34. The first-order valence-corrected chi connectivity index (χ1v) is 5.02. The lowest BCUT2D eigenvalue weighted by Gasteiger charge is -2.05. The highest BCUT2D eigenvalue weighted by Gasteiger charge is 2.14. The van der Waals surface area contributed by atoms with Crippen molar-refractivity contribution < 1.29 is 4.79 Å². The molecule has 0 aliphatic rings. The van der Waals surface area contributed by atoms with Gasteiger partial charge in [0.25, 0.3) is 0 Å². The van der Waals surface area contributed by atoms with E-state index >= 15 is 0 Å². The number of carbonyl (C=O) groups excluding carboxylic acids is 1. The maximum Gasteiger partial charge on any atom is 0.349 e. The Morgan fingerprint density at radius 1 is 1.29 bits per heavy atom. The van der Waals surface area contributed by atoms with Crippen LogP contribution >= 0.6 is 0 Å². The number of anilines is 1. The Morgan fingerprint density at radius 3 is 2.59 bits per heavy atom. The summed E-state index contributed by atoms with van der Waals surface area (Å²) in [4.78, 5) is 26.9. The summed E-state index contributed by atoms with van der Waals surface area (Å²) in [5.41, 5.74) is 5.85. The molecule has 1 aromatic carbocycles. The van der Waals surface area contributed by atoms with Gasteiger partial charge >= 0.3 is 5.69 Å². The van der Waals surface area contributed by atoms with Gasteiger partial charge in [0.2, 0.25) is 0 Å². The Kier molecular flexibility index (Phi) is 2.74. The van der Waals surface area contributed by atoms with Crippen molar-refractivity contribution in [2.45, 2.75) is 0 Å². The summed E-state index contributed by atoms with van der Waals surface area (Å²) in [5.74, 6) is -0.284. The van der Waals surface area contributed by atoms with Crippen LogP contribution in [0.1, 0.15) is 15.9 Å². The zero-order valence-electron chi connectivity index (χ0n) is 9.25. The monoisotopic (exact) mass is 229 g/mol. The summed E-state index contributed by atoms with van der Waals surface area (Å²) in [5, 5.41) is 0. The van der Waals surface area contributed by atoms with E-state index < -0.39 is 5.69 Å². The number of aromatic nitrogens is 2. The number of nitrogens with two attached hydrogens (primary N) is 1. The number of carbonyl (C=O) groups is 1. The number of rotatable bonds is 2. The van der Waals surface area contributed by atoms with E-state index in [-0.39, 0.29) is 17.2 Å². The van der Waals surface area contributed by atoms with E-state index in [4.69, 9.17) is 5.73 Å². The fraction of sp³-hybridized carbons (Fsp3) is 0.0833. The molecule has 2 N–H and O–H groups in total. The lowest BCUT2D eigenvalue weighted by atomic mass is 10.1. The van der Waals surface area contributed by atoms with Gasteiger partial charge in [-0.15, -0.1) is 0 Å². The van der Waals surface area contributed by atoms with Gasteiger partial charge in [0.05, 0.1) is 5.56 Å². The maximum atomic E-state index is 12.1. The molecule has 1 heterocycles. The molecular formula is C12H11N3O2. The number of hydrogen-bond donors (Lipinski definition) is 1. The smallest absolute Gasteiger partial charge is 0.349 e. The lowest BCUT2D eigenvalue weighted by molar-refractivity contribution is 0.103. The van der Waals surface area contributed by atoms with E-state index in [2.05, 4.69) is 4.98 Å². The van der Waals surface area contributed by atoms with Crippen molar-refractivity contribution in [2.75, 3.05) is 5.73 Å². The van der Waals surface area contributed by atoms with Crippen LogP contribution in [0, 0.1) is 0 Å². The SMILES string of the molecule is Cn1cc(C(=O)c2ccccc2)c(N)nc1=O. The second-order valence-electron chi connectivity index (χ2n) is 3.63. The molecule has 0 bridgehead atoms. The fourth-order valence-corrected chi connectivity index (χ4v) is 1.48. The average molecular weight is 229 g/mol. The quantitative estimate of drug-likeness (QED) is 0.764. The van der Waals surface area contributed by atoms with Crippen molar-refractivity contribution in [3.63, 3.8) is 0 Å². The Hall–Kier alpha value is -2.43. The summed E-state index contributed by atoms with van der Waals surface area (Å²) in [6, 6.07) is 8.72. The Morgan fingerprint density at radius 2 is 1.94 bits per heavy atom. The van der Waals surface area contributed by atoms with Crippen LogP contribution in [0.15, 0.2) is 41.3 Å². The second kappa shape index (κ2) is 4.21. The Balaban J connectivity index is 2.52. The first-order valence-electron chi connectivity index (χ1n) is 5.02. The molecule has 0 amide bonds. The lowest BCUT2D eigenvalue weighted by Crippen LogP contribution is -2.23. The van der Waals surface area contributed by atoms with Crippen molar-refractivity contribution in [2.24, 2.45) is 7.05 Å². The molecule has 0 saturated carbocycles. The van der Waals surface area contributed by atoms with Crippen LogP contribution in [0.2, 0.25) is 0 Å². The topological polar surface area (TPSA) is 78.0 Å². The van der Waals surface area contributed by atoms with Crippen LogP contribution < -0.4 is 11.4 Å². The zero-order valence-corrected chi connectivity index (χ0v) is 9.25. The van der Waals surface area contributed by atoms with Crippen LogP contribution in [0.25, 0.3) is 0 Å². The standard InChI is InChI=1S/C12H11N3O2/c1-15-7-9(11(13)14-12(15)17)10(16)8-5-3-2-4-6-8/h2-7H,1H3,(H2,13,14,17). The number of aryl methyl sites for hydroxylation is 1. The zero-order chi connectivity index (χ0) is 12.4. The van der Waals surface area contributed by atoms with Gasteiger partial charge in [-0.1, -0.05) is 30.3 Å². The van der Waals surface area contributed by atoms with Crippen LogP contribution in [-0.4, -0.2) is 15.3 Å². The van der Waals surface area contributed by atoms with Crippen LogP contribution in [-0.2, 0) is 7.05 Å². The first kappa shape index (κ1) is 11.1. The van der Waals surface area contributed by atoms with Gasteiger partial charge in [-0.3, -0.25) is 4.79 Å². The highest BCUT2D eigenvalue weighted by atomic mass is 16.1. The van der Waals surface area contributed by atoms with Crippen LogP contribution in [0.4, 0.5) is 5.82 Å². The molecule has 0 spiro atoms. The van der Waals surface area contributed by atoms with Crippen molar-refractivity contribution >= 4 is 11.6 Å². The van der Waals surface area contributed by atoms with E-state index in [0.29, 0.717) is 5.56 Å². The number of hydrogen-bond acceptors (Lipinski definition) is 4. The summed E-state index contributed by atoms with van der Waals surface area (Å²) < 4.78 is 1.23. The molecule has 17 heavy (non-hydrogen) atoms. The van der Waals surface area contributed by atoms with E-state index in [0.717, 1.165) is 0 Å². The van der Waals surface area contributed by atoms with Crippen molar-refractivity contribution in [1.29, 1.82) is 0 Å². The molecule has 5 heteroatoms. The third kappa shape index (κ3) is 2.08.